The number of nitrogens with zero attached hydrogens (tertiary/aromatic N) is 1. The molecule has 1 aliphatic rings. The van der Waals surface area contributed by atoms with Gasteiger partial charge in [-0.15, -0.1) is 0 Å². The first-order chi connectivity index (χ1) is 9.04. The Morgan fingerprint density at radius 3 is 2.79 bits per heavy atom. The van der Waals surface area contributed by atoms with Crippen LogP contribution in [0.5, 0.6) is 0 Å². The molecule has 2 atom stereocenters. The molecule has 2 rings (SSSR count). The van der Waals surface area contributed by atoms with Crippen molar-refractivity contribution in [2.45, 2.75) is 17.5 Å². The van der Waals surface area contributed by atoms with Crippen LogP contribution >= 0.6 is 23.5 Å². The lowest BCUT2D eigenvalue weighted by atomic mass is 10.0. The lowest BCUT2D eigenvalue weighted by Gasteiger charge is -2.30. The molecule has 2 unspecified atom stereocenters. The third kappa shape index (κ3) is 3.56. The maximum absolute atomic E-state index is 13.0. The number of thioether (sulfide) groups is 2. The summed E-state index contributed by atoms with van der Waals surface area (Å²) in [5.74, 6) is 8.21. The second-order valence-corrected chi connectivity index (χ2v) is 6.59. The largest absolute Gasteiger partial charge is 0.416 e. The zero-order valence-corrected chi connectivity index (χ0v) is 11.6. The van der Waals surface area contributed by atoms with Crippen LogP contribution in [-0.4, -0.2) is 27.5 Å². The number of halogens is 3. The van der Waals surface area contributed by atoms with E-state index in [2.05, 4.69) is 10.4 Å². The number of alkyl halides is 3. The Kier molecular flexibility index (Phi) is 4.99. The predicted octanol–water partition coefficient (Wildman–Crippen LogP) is 2.45. The van der Waals surface area contributed by atoms with Crippen molar-refractivity contribution in [3.63, 3.8) is 0 Å². The van der Waals surface area contributed by atoms with Gasteiger partial charge < -0.3 is 0 Å². The summed E-state index contributed by atoms with van der Waals surface area (Å²) in [7, 11) is 0. The summed E-state index contributed by atoms with van der Waals surface area (Å²) in [5.41, 5.74) is 1.98. The van der Waals surface area contributed by atoms with Crippen molar-refractivity contribution in [1.29, 1.82) is 0 Å². The van der Waals surface area contributed by atoms with Crippen LogP contribution in [0.1, 0.15) is 17.2 Å². The molecule has 2 heterocycles. The minimum atomic E-state index is -4.39. The molecule has 0 aliphatic carbocycles. The van der Waals surface area contributed by atoms with Crippen LogP contribution < -0.4 is 11.3 Å². The second-order valence-electron chi connectivity index (χ2n) is 4.09. The predicted molar refractivity (Wildman–Crippen MR) is 72.9 cm³/mol. The molecule has 1 aliphatic heterocycles. The second kappa shape index (κ2) is 6.34. The van der Waals surface area contributed by atoms with E-state index in [1.54, 1.807) is 23.5 Å². The topological polar surface area (TPSA) is 50.9 Å². The van der Waals surface area contributed by atoms with Crippen LogP contribution in [0.15, 0.2) is 18.5 Å². The van der Waals surface area contributed by atoms with Crippen LogP contribution in [0.2, 0.25) is 0 Å². The van der Waals surface area contributed by atoms with Gasteiger partial charge >= 0.3 is 6.18 Å². The first-order valence-corrected chi connectivity index (χ1v) is 7.91. The molecule has 1 aromatic rings. The quantitative estimate of drug-likeness (QED) is 0.663. The van der Waals surface area contributed by atoms with Crippen LogP contribution in [0.3, 0.4) is 0 Å². The van der Waals surface area contributed by atoms with Gasteiger partial charge in [0, 0.05) is 40.5 Å². The van der Waals surface area contributed by atoms with E-state index in [4.69, 9.17) is 5.84 Å². The standard InChI is InChI=1S/C11H14F3N3S2/c12-11(13,14)8-1-2-16-5-7(8)10(17-15)9-6-18-3-4-19-9/h1-2,5,9-10,17H,3-4,6,15H2. The molecule has 106 valence electrons. The van der Waals surface area contributed by atoms with Crippen molar-refractivity contribution in [3.05, 3.63) is 29.6 Å². The summed E-state index contributed by atoms with van der Waals surface area (Å²) < 4.78 is 39.0. The fourth-order valence-corrected chi connectivity index (χ4v) is 4.85. The molecule has 0 bridgehead atoms. The smallest absolute Gasteiger partial charge is 0.271 e. The average molecular weight is 309 g/mol. The molecule has 3 nitrogen and oxygen atoms in total. The molecule has 1 fully saturated rings. The maximum atomic E-state index is 13.0. The van der Waals surface area contributed by atoms with Gasteiger partial charge in [-0.05, 0) is 6.07 Å². The highest BCUT2D eigenvalue weighted by Crippen LogP contribution is 2.39. The van der Waals surface area contributed by atoms with Crippen molar-refractivity contribution in [3.8, 4) is 0 Å². The summed E-state index contributed by atoms with van der Waals surface area (Å²) in [6.45, 7) is 0. The normalized spacial score (nSPS) is 22.2. The maximum Gasteiger partial charge on any atom is 0.416 e. The number of rotatable bonds is 3. The third-order valence-corrected chi connectivity index (χ3v) is 5.75. The molecule has 1 aromatic heterocycles. The Morgan fingerprint density at radius 2 is 2.21 bits per heavy atom. The van der Waals surface area contributed by atoms with Gasteiger partial charge in [0.05, 0.1) is 11.6 Å². The minimum absolute atomic E-state index is 0.0223. The zero-order valence-electron chi connectivity index (χ0n) is 9.98. The number of hydrogen-bond donors (Lipinski definition) is 2. The molecule has 1 saturated heterocycles. The molecular formula is C11H14F3N3S2. The minimum Gasteiger partial charge on any atom is -0.271 e. The highest BCUT2D eigenvalue weighted by atomic mass is 32.2. The van der Waals surface area contributed by atoms with Crippen molar-refractivity contribution >= 4 is 23.5 Å². The van der Waals surface area contributed by atoms with E-state index in [0.29, 0.717) is 0 Å². The van der Waals surface area contributed by atoms with E-state index in [1.165, 1.54) is 6.20 Å². The fraction of sp³-hybridized carbons (Fsp3) is 0.545. The summed E-state index contributed by atoms with van der Waals surface area (Å²) in [4.78, 5) is 3.81. The number of pyridine rings is 1. The molecule has 0 radical (unpaired) electrons. The van der Waals surface area contributed by atoms with Crippen LogP contribution in [-0.2, 0) is 6.18 Å². The van der Waals surface area contributed by atoms with Crippen molar-refractivity contribution in [1.82, 2.24) is 10.4 Å². The Hall–Kier alpha value is -0.440. The molecule has 19 heavy (non-hydrogen) atoms. The SMILES string of the molecule is NNC(c1cnccc1C(F)(F)F)C1CSCCS1. The fourth-order valence-electron chi connectivity index (χ4n) is 2.01. The van der Waals surface area contributed by atoms with Gasteiger partial charge in [-0.25, -0.2) is 0 Å². The summed E-state index contributed by atoms with van der Waals surface area (Å²) in [6, 6.07) is 0.462. The summed E-state index contributed by atoms with van der Waals surface area (Å²) >= 11 is 3.39. The number of nitrogens with two attached hydrogens (primary N) is 1. The highest BCUT2D eigenvalue weighted by molar-refractivity contribution is 8.06. The molecule has 0 spiro atoms. The Labute approximate surface area is 117 Å². The van der Waals surface area contributed by atoms with E-state index in [-0.39, 0.29) is 10.8 Å². The molecule has 3 N–H and O–H groups in total. The zero-order chi connectivity index (χ0) is 13.9. The monoisotopic (exact) mass is 309 g/mol. The van der Waals surface area contributed by atoms with Gasteiger partial charge in [0.25, 0.3) is 0 Å². The van der Waals surface area contributed by atoms with E-state index in [9.17, 15) is 13.2 Å². The Morgan fingerprint density at radius 1 is 1.42 bits per heavy atom. The molecule has 0 amide bonds. The summed E-state index contributed by atoms with van der Waals surface area (Å²) in [6.07, 6.45) is -1.98. The molecule has 0 aromatic carbocycles. The molecular weight excluding hydrogens is 295 g/mol. The van der Waals surface area contributed by atoms with Gasteiger partial charge in [0.1, 0.15) is 0 Å². The van der Waals surface area contributed by atoms with Gasteiger partial charge in [-0.2, -0.15) is 36.7 Å². The molecule has 0 saturated carbocycles. The van der Waals surface area contributed by atoms with E-state index >= 15 is 0 Å². The Balaban J connectivity index is 2.32. The van der Waals surface area contributed by atoms with Crippen LogP contribution in [0.25, 0.3) is 0 Å². The van der Waals surface area contributed by atoms with Crippen molar-refractivity contribution in [2.24, 2.45) is 5.84 Å². The van der Waals surface area contributed by atoms with E-state index in [0.717, 1.165) is 29.5 Å². The number of aromatic nitrogens is 1. The first kappa shape index (κ1) is 15.0. The number of hydrogen-bond acceptors (Lipinski definition) is 5. The average Bonchev–Trinajstić information content (AvgIpc) is 2.40. The van der Waals surface area contributed by atoms with Gasteiger partial charge in [0.15, 0.2) is 0 Å². The third-order valence-electron chi connectivity index (χ3n) is 2.89. The van der Waals surface area contributed by atoms with Gasteiger partial charge in [-0.1, -0.05) is 0 Å². The first-order valence-electron chi connectivity index (χ1n) is 5.70. The van der Waals surface area contributed by atoms with Gasteiger partial charge in [0.2, 0.25) is 0 Å². The van der Waals surface area contributed by atoms with E-state index < -0.39 is 17.8 Å². The number of nitrogens with one attached hydrogen (secondary N) is 1. The summed E-state index contributed by atoms with van der Waals surface area (Å²) in [5, 5.41) is 0.0223. The molecule has 8 heteroatoms. The van der Waals surface area contributed by atoms with Crippen molar-refractivity contribution < 1.29 is 13.2 Å². The highest BCUT2D eigenvalue weighted by Gasteiger charge is 2.37. The van der Waals surface area contributed by atoms with Crippen LogP contribution in [0.4, 0.5) is 13.2 Å². The lowest BCUT2D eigenvalue weighted by Crippen LogP contribution is -2.39. The van der Waals surface area contributed by atoms with E-state index in [1.807, 2.05) is 0 Å². The van der Waals surface area contributed by atoms with Gasteiger partial charge in [-0.3, -0.25) is 16.3 Å². The Bertz CT molecular complexity index is 422. The van der Waals surface area contributed by atoms with Crippen molar-refractivity contribution in [2.75, 3.05) is 17.3 Å². The van der Waals surface area contributed by atoms with Crippen LogP contribution in [0, 0.1) is 0 Å². The lowest BCUT2D eigenvalue weighted by molar-refractivity contribution is -0.138. The number of hydrazine groups is 1.